The molecule has 5 heteroatoms. The van der Waals surface area contributed by atoms with Gasteiger partial charge in [0.25, 0.3) is 0 Å². The molecule has 1 amide bonds. The second-order valence-electron chi connectivity index (χ2n) is 3.62. The summed E-state index contributed by atoms with van der Waals surface area (Å²) in [5.74, 6) is -3.34. The van der Waals surface area contributed by atoms with Crippen molar-refractivity contribution in [1.29, 1.82) is 0 Å². The van der Waals surface area contributed by atoms with Gasteiger partial charge in [-0.15, -0.1) is 0 Å². The lowest BCUT2D eigenvalue weighted by Gasteiger charge is -2.22. The van der Waals surface area contributed by atoms with Gasteiger partial charge in [0.1, 0.15) is 11.7 Å². The fraction of sp³-hybridized carbons (Fsp3) is 0.333. The highest BCUT2D eigenvalue weighted by atomic mass is 19.1. The number of benzene rings is 1. The number of hydrogen-bond acceptors (Lipinski definition) is 2. The van der Waals surface area contributed by atoms with Crippen molar-refractivity contribution in [2.24, 2.45) is 5.92 Å². The molecule has 0 bridgehead atoms. The molecule has 0 aromatic heterocycles. The monoisotopic (exact) mass is 239 g/mol. The van der Waals surface area contributed by atoms with E-state index in [1.165, 1.54) is 30.0 Å². The summed E-state index contributed by atoms with van der Waals surface area (Å²) in [5, 5.41) is 8.78. The van der Waals surface area contributed by atoms with Crippen LogP contribution in [0.15, 0.2) is 24.3 Å². The quantitative estimate of drug-likeness (QED) is 0.816. The standard InChI is InChI=1S/C12H14FNO3/c1-3-14(11(15)8(2)12(16)17)10-6-4-5-9(13)7-10/h4-8H,3H2,1-2H3,(H,16,17). The maximum atomic E-state index is 13.0. The molecular formula is C12H14FNO3. The second kappa shape index (κ2) is 5.43. The van der Waals surface area contributed by atoms with Crippen molar-refractivity contribution < 1.29 is 19.1 Å². The zero-order valence-electron chi connectivity index (χ0n) is 9.68. The van der Waals surface area contributed by atoms with Crippen molar-refractivity contribution in [3.63, 3.8) is 0 Å². The van der Waals surface area contributed by atoms with Gasteiger partial charge in [0, 0.05) is 12.2 Å². The lowest BCUT2D eigenvalue weighted by Crippen LogP contribution is -2.38. The van der Waals surface area contributed by atoms with E-state index < -0.39 is 23.6 Å². The SMILES string of the molecule is CCN(C(=O)C(C)C(=O)O)c1cccc(F)c1. The third kappa shape index (κ3) is 3.03. The van der Waals surface area contributed by atoms with Crippen molar-refractivity contribution in [1.82, 2.24) is 0 Å². The number of aliphatic carboxylic acids is 1. The number of nitrogens with zero attached hydrogens (tertiary/aromatic N) is 1. The van der Waals surface area contributed by atoms with E-state index in [9.17, 15) is 14.0 Å². The van der Waals surface area contributed by atoms with Gasteiger partial charge in [0.2, 0.25) is 5.91 Å². The van der Waals surface area contributed by atoms with Crippen molar-refractivity contribution >= 4 is 17.6 Å². The van der Waals surface area contributed by atoms with Crippen LogP contribution in [0.1, 0.15) is 13.8 Å². The Morgan fingerprint density at radius 2 is 2.12 bits per heavy atom. The van der Waals surface area contributed by atoms with Crippen LogP contribution in [0, 0.1) is 11.7 Å². The van der Waals surface area contributed by atoms with Gasteiger partial charge in [0.15, 0.2) is 0 Å². The van der Waals surface area contributed by atoms with E-state index in [0.29, 0.717) is 12.2 Å². The topological polar surface area (TPSA) is 57.6 Å². The molecule has 0 aliphatic heterocycles. The number of carbonyl (C=O) groups excluding carboxylic acids is 1. The molecule has 1 unspecified atom stereocenters. The fourth-order valence-corrected chi connectivity index (χ4v) is 1.45. The first-order valence-electron chi connectivity index (χ1n) is 5.27. The number of carbonyl (C=O) groups is 2. The Morgan fingerprint density at radius 1 is 1.47 bits per heavy atom. The van der Waals surface area contributed by atoms with E-state index in [0.717, 1.165) is 0 Å². The fourth-order valence-electron chi connectivity index (χ4n) is 1.45. The number of carboxylic acids is 1. The summed E-state index contributed by atoms with van der Waals surface area (Å²) in [7, 11) is 0. The van der Waals surface area contributed by atoms with Crippen LogP contribution in [0.2, 0.25) is 0 Å². The second-order valence-corrected chi connectivity index (χ2v) is 3.62. The van der Waals surface area contributed by atoms with Crippen LogP contribution in [0.5, 0.6) is 0 Å². The van der Waals surface area contributed by atoms with Crippen molar-refractivity contribution in [2.75, 3.05) is 11.4 Å². The summed E-state index contributed by atoms with van der Waals surface area (Å²) in [6, 6.07) is 5.52. The number of halogens is 1. The minimum Gasteiger partial charge on any atom is -0.481 e. The maximum Gasteiger partial charge on any atom is 0.315 e. The first-order valence-corrected chi connectivity index (χ1v) is 5.27. The third-order valence-electron chi connectivity index (χ3n) is 2.44. The van der Waals surface area contributed by atoms with Gasteiger partial charge < -0.3 is 10.0 Å². The summed E-state index contributed by atoms with van der Waals surface area (Å²) < 4.78 is 13.0. The first-order chi connectivity index (χ1) is 7.97. The minimum absolute atomic E-state index is 0.292. The number of anilines is 1. The highest BCUT2D eigenvalue weighted by Crippen LogP contribution is 2.17. The molecule has 0 saturated carbocycles. The molecule has 0 aliphatic rings. The molecule has 4 nitrogen and oxygen atoms in total. The number of carboxylic acid groups (broad SMARTS) is 1. The molecule has 1 N–H and O–H groups in total. The lowest BCUT2D eigenvalue weighted by molar-refractivity contribution is -0.145. The normalized spacial score (nSPS) is 11.9. The highest BCUT2D eigenvalue weighted by molar-refractivity contribution is 6.05. The Labute approximate surface area is 98.7 Å². The maximum absolute atomic E-state index is 13.0. The zero-order valence-corrected chi connectivity index (χ0v) is 9.68. The Balaban J connectivity index is 3.00. The Kier molecular flexibility index (Phi) is 4.20. The Morgan fingerprint density at radius 3 is 2.59 bits per heavy atom. The molecule has 1 atom stereocenters. The van der Waals surface area contributed by atoms with E-state index in [-0.39, 0.29) is 0 Å². The number of hydrogen-bond donors (Lipinski definition) is 1. The van der Waals surface area contributed by atoms with E-state index in [1.807, 2.05) is 0 Å². The molecular weight excluding hydrogens is 225 g/mol. The zero-order chi connectivity index (χ0) is 13.0. The van der Waals surface area contributed by atoms with Gasteiger partial charge in [-0.3, -0.25) is 9.59 Å². The van der Waals surface area contributed by atoms with Crippen LogP contribution in [-0.2, 0) is 9.59 Å². The van der Waals surface area contributed by atoms with Crippen LogP contribution in [0.4, 0.5) is 10.1 Å². The van der Waals surface area contributed by atoms with Gasteiger partial charge in [-0.2, -0.15) is 0 Å². The van der Waals surface area contributed by atoms with Crippen molar-refractivity contribution in [3.05, 3.63) is 30.1 Å². The third-order valence-corrected chi connectivity index (χ3v) is 2.44. The summed E-state index contributed by atoms with van der Waals surface area (Å²) >= 11 is 0. The summed E-state index contributed by atoms with van der Waals surface area (Å²) in [5.41, 5.74) is 0.366. The van der Waals surface area contributed by atoms with Gasteiger partial charge in [-0.05, 0) is 32.0 Å². The first kappa shape index (κ1) is 13.2. The molecule has 0 fully saturated rings. The summed E-state index contributed by atoms with van der Waals surface area (Å²) in [4.78, 5) is 23.8. The van der Waals surface area contributed by atoms with E-state index in [4.69, 9.17) is 5.11 Å². The summed E-state index contributed by atoms with van der Waals surface area (Å²) in [6.45, 7) is 3.31. The average Bonchev–Trinajstić information content (AvgIpc) is 2.28. The molecule has 0 spiro atoms. The van der Waals surface area contributed by atoms with Crippen molar-refractivity contribution in [2.45, 2.75) is 13.8 Å². The largest absolute Gasteiger partial charge is 0.481 e. The molecule has 0 aliphatic carbocycles. The Bertz CT molecular complexity index is 434. The molecule has 92 valence electrons. The average molecular weight is 239 g/mol. The summed E-state index contributed by atoms with van der Waals surface area (Å²) in [6.07, 6.45) is 0. The van der Waals surface area contributed by atoms with Gasteiger partial charge in [0.05, 0.1) is 0 Å². The predicted octanol–water partition coefficient (Wildman–Crippen LogP) is 1.90. The van der Waals surface area contributed by atoms with E-state index in [1.54, 1.807) is 13.0 Å². The smallest absolute Gasteiger partial charge is 0.315 e. The van der Waals surface area contributed by atoms with E-state index in [2.05, 4.69) is 0 Å². The molecule has 1 aromatic rings. The molecule has 1 aromatic carbocycles. The molecule has 0 radical (unpaired) electrons. The van der Waals surface area contributed by atoms with Gasteiger partial charge >= 0.3 is 5.97 Å². The van der Waals surface area contributed by atoms with Crippen LogP contribution >= 0.6 is 0 Å². The minimum atomic E-state index is -1.19. The van der Waals surface area contributed by atoms with Gasteiger partial charge in [-0.1, -0.05) is 6.07 Å². The van der Waals surface area contributed by atoms with Crippen LogP contribution in [-0.4, -0.2) is 23.5 Å². The molecule has 0 heterocycles. The van der Waals surface area contributed by atoms with Crippen molar-refractivity contribution in [3.8, 4) is 0 Å². The van der Waals surface area contributed by atoms with Crippen LogP contribution < -0.4 is 4.90 Å². The van der Waals surface area contributed by atoms with E-state index >= 15 is 0 Å². The highest BCUT2D eigenvalue weighted by Gasteiger charge is 2.26. The Hall–Kier alpha value is -1.91. The van der Waals surface area contributed by atoms with Crippen LogP contribution in [0.3, 0.4) is 0 Å². The molecule has 0 saturated heterocycles. The predicted molar refractivity (Wildman–Crippen MR) is 61.2 cm³/mol. The van der Waals surface area contributed by atoms with Crippen LogP contribution in [0.25, 0.3) is 0 Å². The molecule has 1 rings (SSSR count). The number of amides is 1. The number of rotatable bonds is 4. The van der Waals surface area contributed by atoms with Gasteiger partial charge in [-0.25, -0.2) is 4.39 Å². The lowest BCUT2D eigenvalue weighted by atomic mass is 10.1. The molecule has 17 heavy (non-hydrogen) atoms.